The van der Waals surface area contributed by atoms with Crippen LogP contribution in [0.25, 0.3) is 11.4 Å². The van der Waals surface area contributed by atoms with Crippen LogP contribution in [0.4, 0.5) is 5.95 Å². The lowest BCUT2D eigenvalue weighted by Gasteiger charge is -2.19. The molecule has 0 bridgehead atoms. The van der Waals surface area contributed by atoms with E-state index in [1.54, 1.807) is 0 Å². The summed E-state index contributed by atoms with van der Waals surface area (Å²) in [5.41, 5.74) is 6.10. The molecule has 2 aromatic rings. The Morgan fingerprint density at radius 2 is 2.09 bits per heavy atom. The number of anilines is 1. The number of rotatable bonds is 3. The molecule has 116 valence electrons. The maximum absolute atomic E-state index is 4.84. The monoisotopic (exact) mass is 297 g/mol. The first kappa shape index (κ1) is 13.7. The van der Waals surface area contributed by atoms with Crippen LogP contribution in [-0.4, -0.2) is 25.8 Å². The first-order valence-corrected chi connectivity index (χ1v) is 8.44. The standard InChI is InChI=1S/C17H23N5/c1-3-14-13-9-8-11-10-18-17(19-12-6-4-5-7-12)20-15(11)16(13)22(2)21-14/h10,12H,3-9H2,1-2H3,(H,18,19,20). The molecule has 0 spiro atoms. The van der Waals surface area contributed by atoms with Crippen LogP contribution in [-0.2, 0) is 26.3 Å². The second kappa shape index (κ2) is 5.38. The molecule has 2 aliphatic rings. The van der Waals surface area contributed by atoms with Gasteiger partial charge in [0.05, 0.1) is 17.1 Å². The highest BCUT2D eigenvalue weighted by Gasteiger charge is 2.25. The van der Waals surface area contributed by atoms with Crippen molar-refractivity contribution in [2.75, 3.05) is 5.32 Å². The number of hydrogen-bond acceptors (Lipinski definition) is 4. The fourth-order valence-electron chi connectivity index (χ4n) is 3.84. The van der Waals surface area contributed by atoms with E-state index in [1.807, 2.05) is 17.9 Å². The molecule has 4 rings (SSSR count). The summed E-state index contributed by atoms with van der Waals surface area (Å²) in [5.74, 6) is 0.776. The van der Waals surface area contributed by atoms with Gasteiger partial charge < -0.3 is 5.32 Å². The normalized spacial score (nSPS) is 17.4. The van der Waals surface area contributed by atoms with Crippen molar-refractivity contribution in [2.24, 2.45) is 7.05 Å². The Bertz CT molecular complexity index is 697. The van der Waals surface area contributed by atoms with Gasteiger partial charge in [-0.25, -0.2) is 9.97 Å². The van der Waals surface area contributed by atoms with Crippen LogP contribution in [0, 0.1) is 0 Å². The van der Waals surface area contributed by atoms with Gasteiger partial charge in [0.15, 0.2) is 0 Å². The Balaban J connectivity index is 1.73. The Morgan fingerprint density at radius 1 is 1.27 bits per heavy atom. The molecule has 0 atom stereocenters. The molecule has 0 saturated heterocycles. The van der Waals surface area contributed by atoms with E-state index in [4.69, 9.17) is 4.98 Å². The topological polar surface area (TPSA) is 55.6 Å². The van der Waals surface area contributed by atoms with Gasteiger partial charge in [-0.15, -0.1) is 0 Å². The van der Waals surface area contributed by atoms with Crippen molar-refractivity contribution in [3.05, 3.63) is 23.0 Å². The minimum absolute atomic E-state index is 0.541. The van der Waals surface area contributed by atoms with Gasteiger partial charge >= 0.3 is 0 Å². The van der Waals surface area contributed by atoms with Crippen LogP contribution in [0.1, 0.15) is 49.4 Å². The number of nitrogens with zero attached hydrogens (tertiary/aromatic N) is 4. The molecule has 1 saturated carbocycles. The molecule has 1 fully saturated rings. The van der Waals surface area contributed by atoms with Gasteiger partial charge in [0.2, 0.25) is 5.95 Å². The molecular weight excluding hydrogens is 274 g/mol. The number of aromatic nitrogens is 4. The Morgan fingerprint density at radius 3 is 2.86 bits per heavy atom. The van der Waals surface area contributed by atoms with E-state index in [1.165, 1.54) is 48.2 Å². The zero-order valence-electron chi connectivity index (χ0n) is 13.4. The third-order valence-corrected chi connectivity index (χ3v) is 4.98. The average molecular weight is 297 g/mol. The van der Waals surface area contributed by atoms with Crippen molar-refractivity contribution in [3.8, 4) is 11.4 Å². The van der Waals surface area contributed by atoms with Crippen molar-refractivity contribution in [3.63, 3.8) is 0 Å². The van der Waals surface area contributed by atoms with Gasteiger partial charge in [-0.1, -0.05) is 19.8 Å². The molecule has 2 heterocycles. The van der Waals surface area contributed by atoms with E-state index in [9.17, 15) is 0 Å². The lowest BCUT2D eigenvalue weighted by atomic mass is 9.93. The van der Waals surface area contributed by atoms with Crippen LogP contribution >= 0.6 is 0 Å². The molecule has 2 aromatic heterocycles. The van der Waals surface area contributed by atoms with Crippen molar-refractivity contribution in [1.29, 1.82) is 0 Å². The molecular formula is C17H23N5. The molecule has 0 radical (unpaired) electrons. The van der Waals surface area contributed by atoms with E-state index in [0.717, 1.165) is 30.9 Å². The van der Waals surface area contributed by atoms with Gasteiger partial charge in [0, 0.05) is 24.8 Å². The summed E-state index contributed by atoms with van der Waals surface area (Å²) in [6, 6.07) is 0.541. The lowest BCUT2D eigenvalue weighted by Crippen LogP contribution is -2.18. The van der Waals surface area contributed by atoms with Crippen molar-refractivity contribution < 1.29 is 0 Å². The second-order valence-electron chi connectivity index (χ2n) is 6.44. The molecule has 0 unspecified atom stereocenters. The zero-order chi connectivity index (χ0) is 15.1. The van der Waals surface area contributed by atoms with E-state index < -0.39 is 0 Å². The van der Waals surface area contributed by atoms with Crippen LogP contribution in [0.5, 0.6) is 0 Å². The molecule has 1 N–H and O–H groups in total. The third kappa shape index (κ3) is 2.19. The fraction of sp³-hybridized carbons (Fsp3) is 0.588. The highest BCUT2D eigenvalue weighted by molar-refractivity contribution is 5.68. The van der Waals surface area contributed by atoms with Gasteiger partial charge in [-0.2, -0.15) is 5.10 Å². The van der Waals surface area contributed by atoms with Crippen LogP contribution in [0.2, 0.25) is 0 Å². The minimum Gasteiger partial charge on any atom is -0.351 e. The highest BCUT2D eigenvalue weighted by atomic mass is 15.3. The number of aryl methyl sites for hydroxylation is 3. The summed E-state index contributed by atoms with van der Waals surface area (Å²) in [7, 11) is 2.03. The largest absolute Gasteiger partial charge is 0.351 e. The van der Waals surface area contributed by atoms with Crippen molar-refractivity contribution in [2.45, 2.75) is 57.9 Å². The predicted octanol–water partition coefficient (Wildman–Crippen LogP) is 2.89. The number of fused-ring (bicyclic) bond motifs is 3. The van der Waals surface area contributed by atoms with Crippen LogP contribution in [0.15, 0.2) is 6.20 Å². The Labute approximate surface area is 131 Å². The molecule has 5 nitrogen and oxygen atoms in total. The van der Waals surface area contributed by atoms with Gasteiger partial charge in [-0.05, 0) is 37.7 Å². The fourth-order valence-corrected chi connectivity index (χ4v) is 3.84. The minimum atomic E-state index is 0.541. The molecule has 0 amide bonds. The molecule has 5 heteroatoms. The summed E-state index contributed by atoms with van der Waals surface area (Å²) in [5, 5.41) is 8.19. The van der Waals surface area contributed by atoms with E-state index >= 15 is 0 Å². The van der Waals surface area contributed by atoms with Gasteiger partial charge in [-0.3, -0.25) is 4.68 Å². The summed E-state index contributed by atoms with van der Waals surface area (Å²) >= 11 is 0. The SMILES string of the molecule is CCc1nn(C)c2c1CCc1cnc(NC3CCCC3)nc1-2. The third-order valence-electron chi connectivity index (χ3n) is 4.98. The predicted molar refractivity (Wildman–Crippen MR) is 86.9 cm³/mol. The van der Waals surface area contributed by atoms with Crippen molar-refractivity contribution >= 4 is 5.95 Å². The van der Waals surface area contributed by atoms with Crippen LogP contribution < -0.4 is 5.32 Å². The lowest BCUT2D eigenvalue weighted by molar-refractivity contribution is 0.737. The summed E-state index contributed by atoms with van der Waals surface area (Å²) in [6.07, 6.45) is 10.2. The first-order chi connectivity index (χ1) is 10.8. The molecule has 2 aliphatic carbocycles. The smallest absolute Gasteiger partial charge is 0.223 e. The number of nitrogens with one attached hydrogen (secondary N) is 1. The molecule has 0 aliphatic heterocycles. The average Bonchev–Trinajstić information content (AvgIpc) is 3.15. The first-order valence-electron chi connectivity index (χ1n) is 8.44. The summed E-state index contributed by atoms with van der Waals surface area (Å²) in [4.78, 5) is 9.38. The second-order valence-corrected chi connectivity index (χ2v) is 6.44. The van der Waals surface area contributed by atoms with Gasteiger partial charge in [0.1, 0.15) is 0 Å². The maximum Gasteiger partial charge on any atom is 0.223 e. The summed E-state index contributed by atoms with van der Waals surface area (Å²) < 4.78 is 2.00. The van der Waals surface area contributed by atoms with Gasteiger partial charge in [0.25, 0.3) is 0 Å². The maximum atomic E-state index is 4.84. The quantitative estimate of drug-likeness (QED) is 0.946. The molecule has 22 heavy (non-hydrogen) atoms. The Kier molecular flexibility index (Phi) is 3.36. The Hall–Kier alpha value is -1.91. The zero-order valence-corrected chi connectivity index (χ0v) is 13.4. The van der Waals surface area contributed by atoms with Crippen molar-refractivity contribution in [1.82, 2.24) is 19.7 Å². The van der Waals surface area contributed by atoms with E-state index in [2.05, 4.69) is 22.3 Å². The highest BCUT2D eigenvalue weighted by Crippen LogP contribution is 2.34. The van der Waals surface area contributed by atoms with E-state index in [0.29, 0.717) is 6.04 Å². The summed E-state index contributed by atoms with van der Waals surface area (Å²) in [6.45, 7) is 2.17. The van der Waals surface area contributed by atoms with Crippen LogP contribution in [0.3, 0.4) is 0 Å². The van der Waals surface area contributed by atoms with E-state index in [-0.39, 0.29) is 0 Å². The number of hydrogen-bond donors (Lipinski definition) is 1. The molecule has 0 aromatic carbocycles.